The number of aryl methyl sites for hydroxylation is 1. The van der Waals surface area contributed by atoms with Crippen molar-refractivity contribution in [1.82, 2.24) is 4.90 Å². The van der Waals surface area contributed by atoms with E-state index >= 15 is 0 Å². The predicted octanol–water partition coefficient (Wildman–Crippen LogP) is 4.03. The van der Waals surface area contributed by atoms with Crippen molar-refractivity contribution < 1.29 is 4.39 Å². The normalized spacial score (nSPS) is 13.8. The second kappa shape index (κ2) is 7.19. The summed E-state index contributed by atoms with van der Waals surface area (Å²) in [6.45, 7) is 12.6. The summed E-state index contributed by atoms with van der Waals surface area (Å²) in [7, 11) is 0. The van der Waals surface area contributed by atoms with Crippen molar-refractivity contribution in [3.05, 3.63) is 35.1 Å². The maximum absolute atomic E-state index is 13.3. The summed E-state index contributed by atoms with van der Waals surface area (Å²) < 4.78 is 13.3. The average Bonchev–Trinajstić information content (AvgIpc) is 2.44. The van der Waals surface area contributed by atoms with Crippen molar-refractivity contribution in [1.29, 1.82) is 0 Å². The van der Waals surface area contributed by atoms with Gasteiger partial charge in [-0.2, -0.15) is 0 Å². The maximum Gasteiger partial charge on any atom is 0.123 e. The van der Waals surface area contributed by atoms with Crippen LogP contribution in [0.5, 0.6) is 0 Å². The smallest absolute Gasteiger partial charge is 0.123 e. The molecule has 0 saturated heterocycles. The van der Waals surface area contributed by atoms with E-state index < -0.39 is 0 Å². The first-order valence-corrected chi connectivity index (χ1v) is 7.73. The van der Waals surface area contributed by atoms with Crippen molar-refractivity contribution in [2.24, 2.45) is 5.73 Å². The van der Waals surface area contributed by atoms with E-state index in [9.17, 15) is 4.39 Å². The Morgan fingerprint density at radius 2 is 1.70 bits per heavy atom. The Hall–Kier alpha value is -0.930. The fourth-order valence-corrected chi connectivity index (χ4v) is 3.46. The summed E-state index contributed by atoms with van der Waals surface area (Å²) in [5.74, 6) is -0.195. The van der Waals surface area contributed by atoms with Crippen LogP contribution in [0.2, 0.25) is 0 Å². The molecule has 0 aromatic heterocycles. The van der Waals surface area contributed by atoms with Gasteiger partial charge in [-0.15, -0.1) is 0 Å². The van der Waals surface area contributed by atoms with Crippen molar-refractivity contribution in [2.45, 2.75) is 59.0 Å². The number of rotatable bonds is 7. The van der Waals surface area contributed by atoms with E-state index in [2.05, 4.69) is 32.6 Å². The van der Waals surface area contributed by atoms with Crippen molar-refractivity contribution >= 4 is 0 Å². The minimum atomic E-state index is -0.195. The maximum atomic E-state index is 13.3. The van der Waals surface area contributed by atoms with Gasteiger partial charge in [0, 0.05) is 11.6 Å². The quantitative estimate of drug-likeness (QED) is 0.817. The standard InChI is InChI=1S/C17H29FN2/c1-6-17(7-2,20(8-3)9-4)16(19)15-11-10-14(18)12-13(15)5/h10-12,16H,6-9,19H2,1-5H3. The minimum absolute atomic E-state index is 0.0634. The van der Waals surface area contributed by atoms with Crippen LogP contribution in [0.1, 0.15) is 57.7 Å². The first-order valence-electron chi connectivity index (χ1n) is 7.73. The summed E-state index contributed by atoms with van der Waals surface area (Å²) in [4.78, 5) is 2.44. The third-order valence-corrected chi connectivity index (χ3v) is 4.76. The summed E-state index contributed by atoms with van der Waals surface area (Å²) >= 11 is 0. The van der Waals surface area contributed by atoms with Crippen molar-refractivity contribution in [3.8, 4) is 0 Å². The largest absolute Gasteiger partial charge is 0.322 e. The number of nitrogens with two attached hydrogens (primary N) is 1. The zero-order valence-electron chi connectivity index (χ0n) is 13.5. The molecule has 0 saturated carbocycles. The Labute approximate surface area is 123 Å². The van der Waals surface area contributed by atoms with Crippen LogP contribution in [0.4, 0.5) is 4.39 Å². The van der Waals surface area contributed by atoms with Crippen molar-refractivity contribution in [2.75, 3.05) is 13.1 Å². The zero-order chi connectivity index (χ0) is 15.3. The van der Waals surface area contributed by atoms with Crippen LogP contribution in [-0.2, 0) is 0 Å². The average molecular weight is 280 g/mol. The van der Waals surface area contributed by atoms with Gasteiger partial charge in [0.25, 0.3) is 0 Å². The van der Waals surface area contributed by atoms with E-state index in [4.69, 9.17) is 5.73 Å². The molecule has 0 radical (unpaired) electrons. The summed E-state index contributed by atoms with van der Waals surface area (Å²) in [5, 5.41) is 0. The molecule has 1 aromatic carbocycles. The van der Waals surface area contributed by atoms with Gasteiger partial charge in [-0.3, -0.25) is 4.90 Å². The molecule has 114 valence electrons. The second-order valence-electron chi connectivity index (χ2n) is 5.46. The van der Waals surface area contributed by atoms with Gasteiger partial charge in [0.2, 0.25) is 0 Å². The van der Waals surface area contributed by atoms with Gasteiger partial charge in [0.15, 0.2) is 0 Å². The lowest BCUT2D eigenvalue weighted by Crippen LogP contribution is -2.55. The molecule has 2 N–H and O–H groups in total. The Bertz CT molecular complexity index is 423. The third kappa shape index (κ3) is 3.04. The molecule has 0 bridgehead atoms. The van der Waals surface area contributed by atoms with Gasteiger partial charge in [0.05, 0.1) is 0 Å². The molecule has 0 spiro atoms. The molecule has 1 aromatic rings. The molecule has 20 heavy (non-hydrogen) atoms. The molecule has 1 unspecified atom stereocenters. The van der Waals surface area contributed by atoms with E-state index in [0.29, 0.717) is 0 Å². The number of nitrogens with zero attached hydrogens (tertiary/aromatic N) is 1. The highest BCUT2D eigenvalue weighted by Crippen LogP contribution is 2.36. The number of benzene rings is 1. The highest BCUT2D eigenvalue weighted by Gasteiger charge is 2.39. The number of halogens is 1. The summed E-state index contributed by atoms with van der Waals surface area (Å²) in [5.41, 5.74) is 8.57. The highest BCUT2D eigenvalue weighted by atomic mass is 19.1. The molecular formula is C17H29FN2. The van der Waals surface area contributed by atoms with E-state index in [0.717, 1.165) is 37.1 Å². The fourth-order valence-electron chi connectivity index (χ4n) is 3.46. The van der Waals surface area contributed by atoms with Crippen LogP contribution in [0.3, 0.4) is 0 Å². The first-order chi connectivity index (χ1) is 9.46. The van der Waals surface area contributed by atoms with Gasteiger partial charge < -0.3 is 5.73 Å². The monoisotopic (exact) mass is 280 g/mol. The molecule has 1 atom stereocenters. The predicted molar refractivity (Wildman–Crippen MR) is 84.3 cm³/mol. The summed E-state index contributed by atoms with van der Waals surface area (Å²) in [6, 6.07) is 4.84. The number of likely N-dealkylation sites (N-methyl/N-ethyl adjacent to an activating group) is 1. The Kier molecular flexibility index (Phi) is 6.15. The molecular weight excluding hydrogens is 251 g/mol. The van der Waals surface area contributed by atoms with Gasteiger partial charge in [-0.25, -0.2) is 4.39 Å². The second-order valence-corrected chi connectivity index (χ2v) is 5.46. The lowest BCUT2D eigenvalue weighted by atomic mass is 9.78. The molecule has 1 rings (SSSR count). The van der Waals surface area contributed by atoms with E-state index in [1.165, 1.54) is 6.07 Å². The SMILES string of the molecule is CCN(CC)C(CC)(CC)C(N)c1ccc(F)cc1C. The van der Waals surface area contributed by atoms with Gasteiger partial charge in [-0.1, -0.05) is 33.8 Å². The van der Waals surface area contributed by atoms with E-state index in [1.54, 1.807) is 6.07 Å². The molecule has 2 nitrogen and oxygen atoms in total. The lowest BCUT2D eigenvalue weighted by molar-refractivity contribution is 0.0623. The molecule has 3 heteroatoms. The molecule has 0 aliphatic heterocycles. The number of hydrogen-bond donors (Lipinski definition) is 1. The van der Waals surface area contributed by atoms with E-state index in [-0.39, 0.29) is 17.4 Å². The minimum Gasteiger partial charge on any atom is -0.322 e. The van der Waals surface area contributed by atoms with Gasteiger partial charge in [-0.05, 0) is 56.1 Å². The third-order valence-electron chi connectivity index (χ3n) is 4.76. The van der Waals surface area contributed by atoms with Crippen LogP contribution in [0.25, 0.3) is 0 Å². The van der Waals surface area contributed by atoms with E-state index in [1.807, 2.05) is 13.0 Å². The molecule has 0 aliphatic rings. The highest BCUT2D eigenvalue weighted by molar-refractivity contribution is 5.32. The van der Waals surface area contributed by atoms with Crippen LogP contribution in [0, 0.1) is 12.7 Å². The van der Waals surface area contributed by atoms with Crippen LogP contribution in [0.15, 0.2) is 18.2 Å². The van der Waals surface area contributed by atoms with Crippen LogP contribution in [-0.4, -0.2) is 23.5 Å². The molecule has 0 amide bonds. The Morgan fingerprint density at radius 1 is 1.15 bits per heavy atom. The zero-order valence-corrected chi connectivity index (χ0v) is 13.5. The Balaban J connectivity index is 3.26. The lowest BCUT2D eigenvalue weighted by Gasteiger charge is -2.47. The van der Waals surface area contributed by atoms with Gasteiger partial charge in [0.1, 0.15) is 5.82 Å². The first kappa shape index (κ1) is 17.1. The molecule has 0 heterocycles. The molecule has 0 aliphatic carbocycles. The van der Waals surface area contributed by atoms with Crippen LogP contribution >= 0.6 is 0 Å². The van der Waals surface area contributed by atoms with Gasteiger partial charge >= 0.3 is 0 Å². The fraction of sp³-hybridized carbons (Fsp3) is 0.647. The summed E-state index contributed by atoms with van der Waals surface area (Å²) in [6.07, 6.45) is 1.98. The number of hydrogen-bond acceptors (Lipinski definition) is 2. The topological polar surface area (TPSA) is 29.3 Å². The van der Waals surface area contributed by atoms with Crippen LogP contribution < -0.4 is 5.73 Å². The Morgan fingerprint density at radius 3 is 2.10 bits per heavy atom. The molecule has 0 fully saturated rings. The van der Waals surface area contributed by atoms with Crippen molar-refractivity contribution in [3.63, 3.8) is 0 Å².